The van der Waals surface area contributed by atoms with Crippen molar-refractivity contribution in [2.45, 2.75) is 6.54 Å². The van der Waals surface area contributed by atoms with Gasteiger partial charge in [-0.2, -0.15) is 5.10 Å². The van der Waals surface area contributed by atoms with Gasteiger partial charge in [0.15, 0.2) is 5.82 Å². The Morgan fingerprint density at radius 1 is 1.11 bits per heavy atom. The highest BCUT2D eigenvalue weighted by molar-refractivity contribution is 9.11. The number of benzene rings is 2. The Balaban J connectivity index is 1.46. The van der Waals surface area contributed by atoms with Gasteiger partial charge in [0.1, 0.15) is 12.1 Å². The quantitative estimate of drug-likeness (QED) is 0.377. The number of nitrogens with one attached hydrogen (secondary N) is 1. The lowest BCUT2D eigenvalue weighted by Gasteiger charge is -2.07. The van der Waals surface area contributed by atoms with Crippen molar-refractivity contribution in [3.63, 3.8) is 0 Å². The number of thiophene rings is 1. The smallest absolute Gasteiger partial charge is 0.151 e. The summed E-state index contributed by atoms with van der Waals surface area (Å²) in [6.45, 7) is 0.518. The molecule has 0 fully saturated rings. The van der Waals surface area contributed by atoms with Gasteiger partial charge in [-0.25, -0.2) is 14.4 Å². The van der Waals surface area contributed by atoms with Gasteiger partial charge in [-0.3, -0.25) is 4.68 Å². The Labute approximate surface area is 172 Å². The highest BCUT2D eigenvalue weighted by Crippen LogP contribution is 2.34. The molecule has 1 N–H and O–H groups in total. The Hall–Kier alpha value is -2.84. The average Bonchev–Trinajstić information content (AvgIpc) is 3.25. The van der Waals surface area contributed by atoms with Crippen molar-refractivity contribution < 1.29 is 4.39 Å². The third-order valence-corrected chi connectivity index (χ3v) is 6.04. The Kier molecular flexibility index (Phi) is 4.29. The number of hydrogen-bond acceptors (Lipinski definition) is 5. The number of aromatic nitrogens is 4. The molecular formula is C20H13BrFN5S. The fourth-order valence-electron chi connectivity index (χ4n) is 3.15. The van der Waals surface area contributed by atoms with Gasteiger partial charge in [0, 0.05) is 11.1 Å². The summed E-state index contributed by atoms with van der Waals surface area (Å²) in [7, 11) is 0. The van der Waals surface area contributed by atoms with E-state index in [2.05, 4.69) is 36.3 Å². The van der Waals surface area contributed by atoms with Gasteiger partial charge >= 0.3 is 0 Å². The van der Waals surface area contributed by atoms with Gasteiger partial charge in [0.2, 0.25) is 0 Å². The first kappa shape index (κ1) is 17.3. The highest BCUT2D eigenvalue weighted by atomic mass is 79.9. The van der Waals surface area contributed by atoms with Crippen molar-refractivity contribution in [2.75, 3.05) is 5.32 Å². The molecule has 0 unspecified atom stereocenters. The molecule has 3 aromatic heterocycles. The molecule has 0 aliphatic heterocycles. The normalized spacial score (nSPS) is 11.4. The number of anilines is 2. The molecule has 0 radical (unpaired) electrons. The van der Waals surface area contributed by atoms with Crippen molar-refractivity contribution in [1.82, 2.24) is 19.7 Å². The van der Waals surface area contributed by atoms with Gasteiger partial charge < -0.3 is 5.32 Å². The second kappa shape index (κ2) is 6.96. The molecule has 5 nitrogen and oxygen atoms in total. The van der Waals surface area contributed by atoms with Crippen LogP contribution in [-0.4, -0.2) is 19.7 Å². The molecule has 5 rings (SSSR count). The van der Waals surface area contributed by atoms with Crippen LogP contribution in [-0.2, 0) is 6.54 Å². The van der Waals surface area contributed by atoms with E-state index < -0.39 is 0 Å². The third kappa shape index (κ3) is 3.25. The number of nitrogens with zero attached hydrogens (tertiary/aromatic N) is 4. The summed E-state index contributed by atoms with van der Waals surface area (Å²) in [6.07, 6.45) is 3.37. The van der Waals surface area contributed by atoms with Crippen molar-refractivity contribution in [3.8, 4) is 0 Å². The minimum atomic E-state index is -0.239. The lowest BCUT2D eigenvalue weighted by molar-refractivity contribution is 0.621. The van der Waals surface area contributed by atoms with E-state index in [0.717, 1.165) is 42.0 Å². The van der Waals surface area contributed by atoms with Crippen LogP contribution in [0.5, 0.6) is 0 Å². The zero-order valence-electron chi connectivity index (χ0n) is 14.4. The summed E-state index contributed by atoms with van der Waals surface area (Å²) in [5.74, 6) is 0.532. The summed E-state index contributed by atoms with van der Waals surface area (Å²) < 4.78 is 17.3. The molecule has 2 aromatic carbocycles. The molecule has 0 saturated heterocycles. The fourth-order valence-corrected chi connectivity index (χ4v) is 4.63. The van der Waals surface area contributed by atoms with Gasteiger partial charge in [-0.1, -0.05) is 12.1 Å². The van der Waals surface area contributed by atoms with Crippen LogP contribution >= 0.6 is 27.3 Å². The zero-order chi connectivity index (χ0) is 19.1. The van der Waals surface area contributed by atoms with E-state index in [4.69, 9.17) is 0 Å². The molecule has 138 valence electrons. The summed E-state index contributed by atoms with van der Waals surface area (Å²) in [5, 5.41) is 8.83. The van der Waals surface area contributed by atoms with Gasteiger partial charge in [0.05, 0.1) is 32.3 Å². The first-order valence-electron chi connectivity index (χ1n) is 8.53. The van der Waals surface area contributed by atoms with Crippen molar-refractivity contribution in [1.29, 1.82) is 0 Å². The number of halogens is 2. The van der Waals surface area contributed by atoms with Crippen LogP contribution in [0.3, 0.4) is 0 Å². The van der Waals surface area contributed by atoms with Crippen molar-refractivity contribution in [3.05, 3.63) is 76.2 Å². The minimum absolute atomic E-state index is 0.239. The molecule has 0 bridgehead atoms. The average molecular weight is 454 g/mol. The molecule has 0 aliphatic rings. The topological polar surface area (TPSA) is 55.6 Å². The summed E-state index contributed by atoms with van der Waals surface area (Å²) in [4.78, 5) is 8.67. The van der Waals surface area contributed by atoms with E-state index in [1.54, 1.807) is 23.7 Å². The predicted molar refractivity (Wildman–Crippen MR) is 114 cm³/mol. The Morgan fingerprint density at radius 3 is 2.93 bits per heavy atom. The van der Waals surface area contributed by atoms with Crippen molar-refractivity contribution in [2.24, 2.45) is 0 Å². The van der Waals surface area contributed by atoms with E-state index >= 15 is 0 Å². The number of rotatable bonds is 4. The number of fused-ring (bicyclic) bond motifs is 2. The highest BCUT2D eigenvalue weighted by Gasteiger charge is 2.10. The monoisotopic (exact) mass is 453 g/mol. The largest absolute Gasteiger partial charge is 0.339 e. The third-order valence-electron chi connectivity index (χ3n) is 4.41. The fraction of sp³-hybridized carbons (Fsp3) is 0.0500. The van der Waals surface area contributed by atoms with Gasteiger partial charge in [-0.05, 0) is 57.9 Å². The zero-order valence-corrected chi connectivity index (χ0v) is 16.8. The van der Waals surface area contributed by atoms with E-state index in [0.29, 0.717) is 6.54 Å². The van der Waals surface area contributed by atoms with E-state index in [1.807, 2.05) is 41.2 Å². The standard InChI is InChI=1S/C20H13BrFN5S/c21-18-8-16-19(28-18)20(24-11-23-16)26-15-4-5-17-13(7-15)9-25-27(17)10-12-2-1-3-14(22)6-12/h1-9,11H,10H2,(H,23,24,26). The van der Waals surface area contributed by atoms with Crippen LogP contribution < -0.4 is 5.32 Å². The maximum atomic E-state index is 13.4. The molecule has 8 heteroatoms. The molecule has 3 heterocycles. The van der Waals surface area contributed by atoms with Crippen LogP contribution in [0, 0.1) is 5.82 Å². The molecule has 0 saturated carbocycles. The molecule has 28 heavy (non-hydrogen) atoms. The Morgan fingerprint density at radius 2 is 2.04 bits per heavy atom. The molecule has 0 spiro atoms. The van der Waals surface area contributed by atoms with Crippen molar-refractivity contribution >= 4 is 59.9 Å². The van der Waals surface area contributed by atoms with Crippen LogP contribution in [0.15, 0.2) is 64.8 Å². The van der Waals surface area contributed by atoms with E-state index in [-0.39, 0.29) is 5.82 Å². The first-order valence-corrected chi connectivity index (χ1v) is 10.1. The van der Waals surface area contributed by atoms with Crippen LogP contribution in [0.1, 0.15) is 5.56 Å². The minimum Gasteiger partial charge on any atom is -0.339 e. The SMILES string of the molecule is Fc1cccc(Cn2ncc3cc(Nc4ncnc5cc(Br)sc45)ccc32)c1. The molecule has 0 aliphatic carbocycles. The maximum absolute atomic E-state index is 13.4. The maximum Gasteiger partial charge on any atom is 0.151 e. The van der Waals surface area contributed by atoms with Crippen LogP contribution in [0.4, 0.5) is 15.9 Å². The van der Waals surface area contributed by atoms with Crippen LogP contribution in [0.25, 0.3) is 21.1 Å². The Bertz CT molecular complexity index is 1310. The summed E-state index contributed by atoms with van der Waals surface area (Å²) >= 11 is 5.09. The van der Waals surface area contributed by atoms with E-state index in [1.165, 1.54) is 12.1 Å². The summed E-state index contributed by atoms with van der Waals surface area (Å²) in [5.41, 5.74) is 3.68. The van der Waals surface area contributed by atoms with Gasteiger partial charge in [-0.15, -0.1) is 11.3 Å². The predicted octanol–water partition coefficient (Wildman–Crippen LogP) is 5.73. The molecule has 5 aromatic rings. The molecular weight excluding hydrogens is 441 g/mol. The summed E-state index contributed by atoms with van der Waals surface area (Å²) in [6, 6.07) is 14.6. The second-order valence-corrected chi connectivity index (χ2v) is 8.75. The first-order chi connectivity index (χ1) is 13.7. The molecule has 0 amide bonds. The second-order valence-electron chi connectivity index (χ2n) is 6.32. The lowest BCUT2D eigenvalue weighted by Crippen LogP contribution is -2.01. The lowest BCUT2D eigenvalue weighted by atomic mass is 10.2. The van der Waals surface area contributed by atoms with Crippen LogP contribution in [0.2, 0.25) is 0 Å². The van der Waals surface area contributed by atoms with E-state index in [9.17, 15) is 4.39 Å². The molecule has 0 atom stereocenters. The number of hydrogen-bond donors (Lipinski definition) is 1. The van der Waals surface area contributed by atoms with Gasteiger partial charge in [0.25, 0.3) is 0 Å².